The minimum Gasteiger partial charge on any atom is -0.397 e. The molecular formula is C13H12FN5OS. The summed E-state index contributed by atoms with van der Waals surface area (Å²) in [4.78, 5) is 12.5. The van der Waals surface area contributed by atoms with Crippen LogP contribution in [0, 0.1) is 5.82 Å². The van der Waals surface area contributed by atoms with Crippen LogP contribution in [0.4, 0.5) is 10.1 Å². The first-order chi connectivity index (χ1) is 10.2. The van der Waals surface area contributed by atoms with E-state index in [1.807, 2.05) is 0 Å². The first-order valence-corrected chi connectivity index (χ1v) is 7.07. The summed E-state index contributed by atoms with van der Waals surface area (Å²) < 4.78 is 16.0. The zero-order valence-corrected chi connectivity index (χ0v) is 11.7. The number of aromatic nitrogens is 3. The normalized spacial score (nSPS) is 10.9. The fourth-order valence-corrected chi connectivity index (χ4v) is 3.07. The number of nitrogen functional groups attached to an aromatic ring is 1. The Kier molecular flexibility index (Phi) is 3.53. The van der Waals surface area contributed by atoms with Gasteiger partial charge in [-0.3, -0.25) is 9.48 Å². The van der Waals surface area contributed by atoms with E-state index in [0.717, 1.165) is 0 Å². The monoisotopic (exact) mass is 305 g/mol. The van der Waals surface area contributed by atoms with Gasteiger partial charge in [0.25, 0.3) is 5.91 Å². The van der Waals surface area contributed by atoms with Gasteiger partial charge in [-0.15, -0.1) is 16.4 Å². The fraction of sp³-hybridized carbons (Fsp3) is 0.154. The molecule has 0 aliphatic carbocycles. The number of anilines is 1. The number of carbonyl (C=O) groups is 1. The highest BCUT2D eigenvalue weighted by Gasteiger charge is 2.18. The van der Waals surface area contributed by atoms with Crippen molar-refractivity contribution in [3.05, 3.63) is 41.3 Å². The summed E-state index contributed by atoms with van der Waals surface area (Å²) >= 11 is 1.18. The van der Waals surface area contributed by atoms with Crippen molar-refractivity contribution < 1.29 is 9.18 Å². The molecule has 0 fully saturated rings. The molecule has 1 amide bonds. The number of benzene rings is 1. The van der Waals surface area contributed by atoms with E-state index >= 15 is 0 Å². The Bertz CT molecular complexity index is 783. The topological polar surface area (TPSA) is 85.8 Å². The van der Waals surface area contributed by atoms with Gasteiger partial charge in [0.15, 0.2) is 0 Å². The molecule has 0 spiro atoms. The zero-order chi connectivity index (χ0) is 14.8. The van der Waals surface area contributed by atoms with E-state index in [-0.39, 0.29) is 11.6 Å². The molecule has 1 aromatic carbocycles. The summed E-state index contributed by atoms with van der Waals surface area (Å²) in [6.45, 7) is 0.892. The molecule has 108 valence electrons. The fourth-order valence-electron chi connectivity index (χ4n) is 2.01. The third kappa shape index (κ3) is 2.57. The van der Waals surface area contributed by atoms with Crippen LogP contribution >= 0.6 is 11.3 Å². The first-order valence-electron chi connectivity index (χ1n) is 6.25. The van der Waals surface area contributed by atoms with Gasteiger partial charge in [0.05, 0.1) is 23.8 Å². The predicted molar refractivity (Wildman–Crippen MR) is 78.6 cm³/mol. The van der Waals surface area contributed by atoms with E-state index in [2.05, 4.69) is 15.6 Å². The number of nitrogens with one attached hydrogen (secondary N) is 1. The third-order valence-corrected chi connectivity index (χ3v) is 4.18. The van der Waals surface area contributed by atoms with Gasteiger partial charge in [-0.1, -0.05) is 11.3 Å². The van der Waals surface area contributed by atoms with Crippen molar-refractivity contribution in [1.82, 2.24) is 20.3 Å². The Balaban J connectivity index is 1.75. The van der Waals surface area contributed by atoms with Crippen molar-refractivity contribution in [2.24, 2.45) is 0 Å². The number of hydrogen-bond acceptors (Lipinski definition) is 5. The number of carbonyl (C=O) groups excluding carboxylic acids is 1. The molecular weight excluding hydrogens is 293 g/mol. The zero-order valence-electron chi connectivity index (χ0n) is 10.9. The largest absolute Gasteiger partial charge is 0.397 e. The highest BCUT2D eigenvalue weighted by atomic mass is 32.1. The molecule has 2 aromatic heterocycles. The van der Waals surface area contributed by atoms with Crippen molar-refractivity contribution in [3.8, 4) is 0 Å². The lowest BCUT2D eigenvalue weighted by Gasteiger charge is -2.04. The lowest BCUT2D eigenvalue weighted by molar-refractivity contribution is 0.0957. The molecule has 2 heterocycles. The van der Waals surface area contributed by atoms with Crippen LogP contribution in [-0.2, 0) is 6.54 Å². The highest BCUT2D eigenvalue weighted by Crippen LogP contribution is 2.35. The molecule has 0 saturated heterocycles. The standard InChI is InChI=1S/C13H12FN5OS/c14-8-2-1-3-9-10(8)11(15)12(21-9)13(20)16-4-6-19-7-5-17-18-19/h1-3,5,7H,4,6,15H2,(H,16,20). The number of fused-ring (bicyclic) bond motifs is 1. The Morgan fingerprint density at radius 2 is 2.33 bits per heavy atom. The smallest absolute Gasteiger partial charge is 0.263 e. The molecule has 3 N–H and O–H groups in total. The molecule has 0 unspecified atom stereocenters. The number of thiophene rings is 1. The SMILES string of the molecule is Nc1c(C(=O)NCCn2ccnn2)sc2cccc(F)c12. The van der Waals surface area contributed by atoms with Crippen molar-refractivity contribution in [3.63, 3.8) is 0 Å². The Morgan fingerprint density at radius 3 is 3.05 bits per heavy atom. The van der Waals surface area contributed by atoms with E-state index in [4.69, 9.17) is 5.73 Å². The maximum atomic E-state index is 13.7. The minimum absolute atomic E-state index is 0.186. The summed E-state index contributed by atoms with van der Waals surface area (Å²) in [5, 5.41) is 10.5. The van der Waals surface area contributed by atoms with Crippen LogP contribution in [0.3, 0.4) is 0 Å². The first kappa shape index (κ1) is 13.5. The van der Waals surface area contributed by atoms with Gasteiger partial charge >= 0.3 is 0 Å². The van der Waals surface area contributed by atoms with Crippen LogP contribution in [0.2, 0.25) is 0 Å². The van der Waals surface area contributed by atoms with Gasteiger partial charge in [0, 0.05) is 17.4 Å². The lowest BCUT2D eigenvalue weighted by Crippen LogP contribution is -2.27. The highest BCUT2D eigenvalue weighted by molar-refractivity contribution is 7.21. The average Bonchev–Trinajstić information content (AvgIpc) is 3.08. The molecule has 0 aliphatic heterocycles. The van der Waals surface area contributed by atoms with Crippen LogP contribution in [0.5, 0.6) is 0 Å². The van der Waals surface area contributed by atoms with E-state index < -0.39 is 5.82 Å². The van der Waals surface area contributed by atoms with Crippen molar-refractivity contribution in [1.29, 1.82) is 0 Å². The van der Waals surface area contributed by atoms with Gasteiger partial charge in [-0.05, 0) is 12.1 Å². The Hall–Kier alpha value is -2.48. The number of hydrogen-bond donors (Lipinski definition) is 2. The molecule has 0 radical (unpaired) electrons. The minimum atomic E-state index is -0.414. The van der Waals surface area contributed by atoms with Crippen LogP contribution in [0.25, 0.3) is 10.1 Å². The average molecular weight is 305 g/mol. The van der Waals surface area contributed by atoms with Gasteiger partial charge in [-0.25, -0.2) is 4.39 Å². The molecule has 0 saturated carbocycles. The summed E-state index contributed by atoms with van der Waals surface area (Å²) in [6, 6.07) is 4.67. The summed E-state index contributed by atoms with van der Waals surface area (Å²) in [7, 11) is 0. The van der Waals surface area contributed by atoms with Gasteiger partial charge in [0.1, 0.15) is 10.7 Å². The predicted octanol–water partition coefficient (Wildman–Crippen LogP) is 1.64. The van der Waals surface area contributed by atoms with Crippen molar-refractivity contribution in [2.75, 3.05) is 12.3 Å². The molecule has 0 atom stereocenters. The molecule has 0 aliphatic rings. The second-order valence-electron chi connectivity index (χ2n) is 4.38. The van der Waals surface area contributed by atoms with Crippen LogP contribution in [0.15, 0.2) is 30.6 Å². The summed E-state index contributed by atoms with van der Waals surface area (Å²) in [5.41, 5.74) is 6.08. The van der Waals surface area contributed by atoms with Crippen molar-refractivity contribution >= 4 is 33.0 Å². The van der Waals surface area contributed by atoms with E-state index in [0.29, 0.717) is 28.1 Å². The second-order valence-corrected chi connectivity index (χ2v) is 5.43. The number of nitrogens with two attached hydrogens (primary N) is 1. The molecule has 8 heteroatoms. The molecule has 3 rings (SSSR count). The number of halogens is 1. The maximum absolute atomic E-state index is 13.7. The van der Waals surface area contributed by atoms with E-state index in [1.54, 1.807) is 29.2 Å². The summed E-state index contributed by atoms with van der Waals surface area (Å²) in [6.07, 6.45) is 3.27. The van der Waals surface area contributed by atoms with E-state index in [1.165, 1.54) is 17.4 Å². The van der Waals surface area contributed by atoms with Crippen LogP contribution in [-0.4, -0.2) is 27.4 Å². The Labute approximate surface area is 123 Å². The quantitative estimate of drug-likeness (QED) is 0.767. The molecule has 21 heavy (non-hydrogen) atoms. The number of rotatable bonds is 4. The van der Waals surface area contributed by atoms with Gasteiger partial charge in [0.2, 0.25) is 0 Å². The number of amides is 1. The summed E-state index contributed by atoms with van der Waals surface area (Å²) in [5.74, 6) is -0.726. The third-order valence-electron chi connectivity index (χ3n) is 3.01. The van der Waals surface area contributed by atoms with E-state index in [9.17, 15) is 9.18 Å². The van der Waals surface area contributed by atoms with Crippen LogP contribution in [0.1, 0.15) is 9.67 Å². The Morgan fingerprint density at radius 1 is 1.48 bits per heavy atom. The van der Waals surface area contributed by atoms with Gasteiger partial charge < -0.3 is 11.1 Å². The van der Waals surface area contributed by atoms with Crippen molar-refractivity contribution in [2.45, 2.75) is 6.54 Å². The second kappa shape index (κ2) is 5.49. The molecule has 0 bridgehead atoms. The maximum Gasteiger partial charge on any atom is 0.263 e. The van der Waals surface area contributed by atoms with Crippen LogP contribution < -0.4 is 11.1 Å². The van der Waals surface area contributed by atoms with Gasteiger partial charge in [-0.2, -0.15) is 0 Å². The number of nitrogens with zero attached hydrogens (tertiary/aromatic N) is 3. The lowest BCUT2D eigenvalue weighted by atomic mass is 10.2. The molecule has 3 aromatic rings. The molecule has 6 nitrogen and oxygen atoms in total.